The predicted octanol–water partition coefficient (Wildman–Crippen LogP) is 0.784. The Hall–Kier alpha value is -1.56. The first-order valence-corrected chi connectivity index (χ1v) is 3.87. The molecule has 2 aromatic rings. The van der Waals surface area contributed by atoms with Crippen LogP contribution in [0.25, 0.3) is 10.2 Å². The Morgan fingerprint density at radius 3 is 3.17 bits per heavy atom. The van der Waals surface area contributed by atoms with Gasteiger partial charge >= 0.3 is 5.97 Å². The van der Waals surface area contributed by atoms with Crippen LogP contribution in [0.1, 0.15) is 10.5 Å². The van der Waals surface area contributed by atoms with Crippen molar-refractivity contribution in [2.75, 3.05) is 0 Å². The fourth-order valence-corrected chi connectivity index (χ4v) is 1.50. The number of carboxylic acids is 1. The molecular formula is C6H3N3O2S. The highest BCUT2D eigenvalue weighted by atomic mass is 32.1. The molecule has 1 N–H and O–H groups in total. The van der Waals surface area contributed by atoms with E-state index in [2.05, 4.69) is 14.6 Å². The standard InChI is InChI=1S/C6H3N3O2S/c10-6(11)4-5-3(1-2-7-4)8-9-12-5/h1-2H,(H,10,11). The number of hydrogen-bond donors (Lipinski definition) is 1. The van der Waals surface area contributed by atoms with Gasteiger partial charge in [0.25, 0.3) is 0 Å². The number of rotatable bonds is 1. The van der Waals surface area contributed by atoms with Crippen molar-refractivity contribution in [2.45, 2.75) is 0 Å². The molecule has 60 valence electrons. The third kappa shape index (κ3) is 0.928. The van der Waals surface area contributed by atoms with Crippen LogP contribution < -0.4 is 0 Å². The van der Waals surface area contributed by atoms with E-state index in [0.29, 0.717) is 10.2 Å². The van der Waals surface area contributed by atoms with E-state index in [9.17, 15) is 4.79 Å². The van der Waals surface area contributed by atoms with Crippen molar-refractivity contribution in [1.29, 1.82) is 0 Å². The summed E-state index contributed by atoms with van der Waals surface area (Å²) in [5.74, 6) is -1.05. The predicted molar refractivity (Wildman–Crippen MR) is 42.2 cm³/mol. The van der Waals surface area contributed by atoms with Gasteiger partial charge in [-0.2, -0.15) is 0 Å². The molecule has 0 unspecified atom stereocenters. The van der Waals surface area contributed by atoms with Crippen molar-refractivity contribution in [3.8, 4) is 0 Å². The number of carboxylic acid groups (broad SMARTS) is 1. The molecule has 0 atom stereocenters. The van der Waals surface area contributed by atoms with Crippen LogP contribution >= 0.6 is 11.5 Å². The third-order valence-electron chi connectivity index (χ3n) is 1.37. The lowest BCUT2D eigenvalue weighted by atomic mass is 10.3. The lowest BCUT2D eigenvalue weighted by molar-refractivity contribution is 0.0693. The Kier molecular flexibility index (Phi) is 1.47. The summed E-state index contributed by atoms with van der Waals surface area (Å²) in [7, 11) is 0. The van der Waals surface area contributed by atoms with E-state index in [4.69, 9.17) is 5.11 Å². The van der Waals surface area contributed by atoms with Crippen molar-refractivity contribution < 1.29 is 9.90 Å². The molecule has 0 aliphatic carbocycles. The summed E-state index contributed by atoms with van der Waals surface area (Å²) in [5.41, 5.74) is 0.593. The maximum atomic E-state index is 10.6. The number of pyridine rings is 1. The highest BCUT2D eigenvalue weighted by Gasteiger charge is 2.11. The van der Waals surface area contributed by atoms with Crippen molar-refractivity contribution >= 4 is 27.7 Å². The van der Waals surface area contributed by atoms with Gasteiger partial charge in [0, 0.05) is 6.20 Å². The molecule has 0 saturated carbocycles. The number of hydrogen-bond acceptors (Lipinski definition) is 5. The summed E-state index contributed by atoms with van der Waals surface area (Å²) in [6, 6.07) is 1.63. The average molecular weight is 181 g/mol. The molecular weight excluding hydrogens is 178 g/mol. The van der Waals surface area contributed by atoms with Crippen molar-refractivity contribution in [3.63, 3.8) is 0 Å². The van der Waals surface area contributed by atoms with Gasteiger partial charge in [-0.1, -0.05) is 4.49 Å². The summed E-state index contributed by atoms with van der Waals surface area (Å²) >= 11 is 1.04. The van der Waals surface area contributed by atoms with Gasteiger partial charge in [-0.3, -0.25) is 0 Å². The fraction of sp³-hybridized carbons (Fsp3) is 0. The van der Waals surface area contributed by atoms with Crippen molar-refractivity contribution in [3.05, 3.63) is 18.0 Å². The highest BCUT2D eigenvalue weighted by molar-refractivity contribution is 7.13. The number of nitrogens with zero attached hydrogens (tertiary/aromatic N) is 3. The Bertz CT molecular complexity index is 439. The lowest BCUT2D eigenvalue weighted by Crippen LogP contribution is -1.99. The Morgan fingerprint density at radius 1 is 1.58 bits per heavy atom. The number of aromatic nitrogens is 3. The molecule has 0 fully saturated rings. The minimum absolute atomic E-state index is 0.0162. The van der Waals surface area contributed by atoms with E-state index in [1.165, 1.54) is 6.20 Å². The third-order valence-corrected chi connectivity index (χ3v) is 2.12. The van der Waals surface area contributed by atoms with Crippen LogP contribution in [0.15, 0.2) is 12.3 Å². The second kappa shape index (κ2) is 2.49. The molecule has 0 amide bonds. The van der Waals surface area contributed by atoms with E-state index >= 15 is 0 Å². The molecule has 2 heterocycles. The minimum Gasteiger partial charge on any atom is -0.476 e. The molecule has 0 aliphatic rings. The average Bonchev–Trinajstić information content (AvgIpc) is 2.49. The Labute approximate surface area is 70.8 Å². The zero-order chi connectivity index (χ0) is 8.55. The van der Waals surface area contributed by atoms with Crippen molar-refractivity contribution in [1.82, 2.24) is 14.6 Å². The minimum atomic E-state index is -1.05. The summed E-state index contributed by atoms with van der Waals surface area (Å²) in [4.78, 5) is 14.3. The van der Waals surface area contributed by atoms with Crippen LogP contribution in [0.3, 0.4) is 0 Å². The largest absolute Gasteiger partial charge is 0.476 e. The quantitative estimate of drug-likeness (QED) is 0.703. The maximum Gasteiger partial charge on any atom is 0.356 e. The first-order valence-electron chi connectivity index (χ1n) is 3.09. The van der Waals surface area contributed by atoms with Crippen LogP contribution in [0.5, 0.6) is 0 Å². The van der Waals surface area contributed by atoms with E-state index < -0.39 is 5.97 Å². The molecule has 0 saturated heterocycles. The van der Waals surface area contributed by atoms with E-state index in [0.717, 1.165) is 11.5 Å². The summed E-state index contributed by atoms with van der Waals surface area (Å²) < 4.78 is 4.15. The van der Waals surface area contributed by atoms with Gasteiger partial charge in [0.2, 0.25) is 0 Å². The summed E-state index contributed by atoms with van der Waals surface area (Å²) in [6.45, 7) is 0. The Balaban J connectivity index is 2.82. The maximum absolute atomic E-state index is 10.6. The van der Waals surface area contributed by atoms with Crippen LogP contribution in [-0.4, -0.2) is 25.6 Å². The molecule has 12 heavy (non-hydrogen) atoms. The van der Waals surface area contributed by atoms with Crippen LogP contribution in [0.4, 0.5) is 0 Å². The van der Waals surface area contributed by atoms with E-state index in [1.54, 1.807) is 6.07 Å². The zero-order valence-electron chi connectivity index (χ0n) is 5.76. The first kappa shape index (κ1) is 7.11. The molecule has 6 heteroatoms. The molecule has 0 aliphatic heterocycles. The number of fused-ring (bicyclic) bond motifs is 1. The van der Waals surface area contributed by atoms with Gasteiger partial charge in [0.15, 0.2) is 5.69 Å². The topological polar surface area (TPSA) is 76.0 Å². The second-order valence-electron chi connectivity index (χ2n) is 2.09. The van der Waals surface area contributed by atoms with E-state index in [-0.39, 0.29) is 5.69 Å². The molecule has 0 radical (unpaired) electrons. The highest BCUT2D eigenvalue weighted by Crippen LogP contribution is 2.17. The molecule has 0 aromatic carbocycles. The van der Waals surface area contributed by atoms with Gasteiger partial charge in [-0.15, -0.1) is 5.10 Å². The molecule has 0 spiro atoms. The molecule has 2 aromatic heterocycles. The summed E-state index contributed by atoms with van der Waals surface area (Å²) in [5, 5.41) is 12.4. The lowest BCUT2D eigenvalue weighted by Gasteiger charge is -1.91. The van der Waals surface area contributed by atoms with Gasteiger partial charge < -0.3 is 5.11 Å². The fourth-order valence-electron chi connectivity index (χ4n) is 0.864. The van der Waals surface area contributed by atoms with E-state index in [1.807, 2.05) is 0 Å². The van der Waals surface area contributed by atoms with Crippen LogP contribution in [0.2, 0.25) is 0 Å². The zero-order valence-corrected chi connectivity index (χ0v) is 6.58. The first-order chi connectivity index (χ1) is 5.79. The van der Waals surface area contributed by atoms with Crippen LogP contribution in [0, 0.1) is 0 Å². The second-order valence-corrected chi connectivity index (χ2v) is 2.84. The normalized spacial score (nSPS) is 10.3. The molecule has 2 rings (SSSR count). The molecule has 0 bridgehead atoms. The Morgan fingerprint density at radius 2 is 2.42 bits per heavy atom. The monoisotopic (exact) mass is 181 g/mol. The van der Waals surface area contributed by atoms with Gasteiger partial charge in [0.1, 0.15) is 10.2 Å². The SMILES string of the molecule is O=C(O)c1nccc2nnsc12. The summed E-state index contributed by atoms with van der Waals surface area (Å²) in [6.07, 6.45) is 1.41. The van der Waals surface area contributed by atoms with Crippen molar-refractivity contribution in [2.24, 2.45) is 0 Å². The van der Waals surface area contributed by atoms with Gasteiger partial charge in [-0.25, -0.2) is 9.78 Å². The van der Waals surface area contributed by atoms with Crippen LogP contribution in [-0.2, 0) is 0 Å². The molecule has 5 nitrogen and oxygen atoms in total. The smallest absolute Gasteiger partial charge is 0.356 e. The van der Waals surface area contributed by atoms with Gasteiger partial charge in [-0.05, 0) is 17.6 Å². The number of carbonyl (C=O) groups is 1. The number of aromatic carboxylic acids is 1. The van der Waals surface area contributed by atoms with Gasteiger partial charge in [0.05, 0.1) is 0 Å².